The number of ether oxygens (including phenoxy) is 2. The maximum Gasteiger partial charge on any atom is 0.220 e. The second-order valence-corrected chi connectivity index (χ2v) is 6.61. The number of rotatable bonds is 8. The van der Waals surface area contributed by atoms with Crippen LogP contribution in [0.4, 0.5) is 0 Å². The van der Waals surface area contributed by atoms with Crippen LogP contribution < -0.4 is 14.8 Å². The number of likely N-dealkylation sites (tertiary alicyclic amines) is 1. The third-order valence-corrected chi connectivity index (χ3v) is 4.76. The smallest absolute Gasteiger partial charge is 0.220 e. The van der Waals surface area contributed by atoms with Crippen LogP contribution in [0.25, 0.3) is 0 Å². The normalized spacial score (nSPS) is 16.0. The number of methoxy groups -OCH3 is 2. The van der Waals surface area contributed by atoms with Crippen LogP contribution in [-0.2, 0) is 11.2 Å². The Bertz CT molecular complexity index is 503. The summed E-state index contributed by atoms with van der Waals surface area (Å²) in [5.74, 6) is 2.41. The molecule has 1 amide bonds. The molecule has 1 aliphatic rings. The van der Waals surface area contributed by atoms with Gasteiger partial charge in [0.2, 0.25) is 5.91 Å². The van der Waals surface area contributed by atoms with Gasteiger partial charge in [-0.25, -0.2) is 0 Å². The predicted molar refractivity (Wildman–Crippen MR) is 95.7 cm³/mol. The lowest BCUT2D eigenvalue weighted by atomic mass is 9.92. The van der Waals surface area contributed by atoms with E-state index in [0.717, 1.165) is 43.0 Å². The molecule has 1 fully saturated rings. The van der Waals surface area contributed by atoms with Crippen LogP contribution >= 0.6 is 0 Å². The van der Waals surface area contributed by atoms with Crippen molar-refractivity contribution in [2.45, 2.75) is 32.1 Å². The Balaban J connectivity index is 1.69. The van der Waals surface area contributed by atoms with E-state index < -0.39 is 0 Å². The van der Waals surface area contributed by atoms with Crippen molar-refractivity contribution in [1.82, 2.24) is 10.2 Å². The van der Waals surface area contributed by atoms with Gasteiger partial charge in [-0.1, -0.05) is 0 Å². The van der Waals surface area contributed by atoms with E-state index in [4.69, 9.17) is 9.47 Å². The maximum atomic E-state index is 12.0. The lowest BCUT2D eigenvalue weighted by molar-refractivity contribution is -0.121. The molecule has 1 aliphatic heterocycles. The van der Waals surface area contributed by atoms with Crippen LogP contribution in [0.1, 0.15) is 31.2 Å². The minimum atomic E-state index is 0.156. The van der Waals surface area contributed by atoms with E-state index in [1.165, 1.54) is 12.8 Å². The monoisotopic (exact) mass is 334 g/mol. The zero-order valence-corrected chi connectivity index (χ0v) is 15.1. The number of amides is 1. The summed E-state index contributed by atoms with van der Waals surface area (Å²) in [6.45, 7) is 2.95. The first kappa shape index (κ1) is 18.6. The highest BCUT2D eigenvalue weighted by Crippen LogP contribution is 2.23. The predicted octanol–water partition coefficient (Wildman–Crippen LogP) is 2.48. The van der Waals surface area contributed by atoms with Gasteiger partial charge in [0, 0.05) is 19.0 Å². The van der Waals surface area contributed by atoms with Gasteiger partial charge in [-0.3, -0.25) is 4.79 Å². The van der Waals surface area contributed by atoms with E-state index in [1.807, 2.05) is 18.2 Å². The molecule has 0 aromatic heterocycles. The molecule has 134 valence electrons. The molecular formula is C19H30N2O3. The molecule has 0 bridgehead atoms. The number of carbonyl (C=O) groups excluding carboxylic acids is 1. The molecule has 0 radical (unpaired) electrons. The number of hydrogen-bond acceptors (Lipinski definition) is 4. The van der Waals surface area contributed by atoms with Crippen LogP contribution in [0.3, 0.4) is 0 Å². The van der Waals surface area contributed by atoms with Crippen molar-refractivity contribution in [3.8, 4) is 11.5 Å². The Kier molecular flexibility index (Phi) is 7.37. The van der Waals surface area contributed by atoms with Crippen LogP contribution in [0.15, 0.2) is 18.2 Å². The van der Waals surface area contributed by atoms with Gasteiger partial charge in [-0.05, 0) is 69.4 Å². The van der Waals surface area contributed by atoms with Crippen molar-refractivity contribution >= 4 is 5.91 Å². The van der Waals surface area contributed by atoms with Gasteiger partial charge >= 0.3 is 0 Å². The van der Waals surface area contributed by atoms with E-state index in [-0.39, 0.29) is 5.91 Å². The summed E-state index contributed by atoms with van der Waals surface area (Å²) >= 11 is 0. The standard InChI is InChI=1S/C19H30N2O3/c1-21-10-7-15(8-11-21)4-5-19(22)20-9-6-16-12-17(23-2)14-18(13-16)24-3/h12-15H,4-11H2,1-3H3,(H,20,22). The largest absolute Gasteiger partial charge is 0.497 e. The molecule has 1 heterocycles. The Morgan fingerprint density at radius 2 is 1.79 bits per heavy atom. The Morgan fingerprint density at radius 3 is 2.38 bits per heavy atom. The molecule has 5 heteroatoms. The van der Waals surface area contributed by atoms with E-state index in [9.17, 15) is 4.79 Å². The summed E-state index contributed by atoms with van der Waals surface area (Å²) in [7, 11) is 5.45. The number of nitrogens with zero attached hydrogens (tertiary/aromatic N) is 1. The highest BCUT2D eigenvalue weighted by Gasteiger charge is 2.17. The van der Waals surface area contributed by atoms with Crippen molar-refractivity contribution in [1.29, 1.82) is 0 Å². The third-order valence-electron chi connectivity index (χ3n) is 4.76. The topological polar surface area (TPSA) is 50.8 Å². The summed E-state index contributed by atoms with van der Waals surface area (Å²) < 4.78 is 10.5. The summed E-state index contributed by atoms with van der Waals surface area (Å²) in [5.41, 5.74) is 1.10. The minimum Gasteiger partial charge on any atom is -0.497 e. The number of piperidine rings is 1. The lowest BCUT2D eigenvalue weighted by Gasteiger charge is -2.28. The molecular weight excluding hydrogens is 304 g/mol. The van der Waals surface area contributed by atoms with Crippen LogP contribution in [0.5, 0.6) is 11.5 Å². The fourth-order valence-electron chi connectivity index (χ4n) is 3.13. The van der Waals surface area contributed by atoms with Gasteiger partial charge < -0.3 is 19.7 Å². The first-order valence-corrected chi connectivity index (χ1v) is 8.78. The summed E-state index contributed by atoms with van der Waals surface area (Å²) in [5, 5.41) is 3.02. The molecule has 1 saturated heterocycles. The third kappa shape index (κ3) is 6.04. The summed E-state index contributed by atoms with van der Waals surface area (Å²) in [4.78, 5) is 14.4. The first-order valence-electron chi connectivity index (χ1n) is 8.78. The highest BCUT2D eigenvalue weighted by molar-refractivity contribution is 5.75. The molecule has 5 nitrogen and oxygen atoms in total. The SMILES string of the molecule is COc1cc(CCNC(=O)CCC2CCN(C)CC2)cc(OC)c1. The molecule has 1 N–H and O–H groups in total. The minimum absolute atomic E-state index is 0.156. The fraction of sp³-hybridized carbons (Fsp3) is 0.632. The van der Waals surface area contributed by atoms with E-state index >= 15 is 0 Å². The highest BCUT2D eigenvalue weighted by atomic mass is 16.5. The van der Waals surface area contributed by atoms with Gasteiger partial charge in [-0.2, -0.15) is 0 Å². The van der Waals surface area contributed by atoms with Crippen molar-refractivity contribution < 1.29 is 14.3 Å². The van der Waals surface area contributed by atoms with Crippen LogP contribution in [0, 0.1) is 5.92 Å². The Morgan fingerprint density at radius 1 is 1.17 bits per heavy atom. The van der Waals surface area contributed by atoms with Crippen LogP contribution in [-0.4, -0.2) is 51.7 Å². The van der Waals surface area contributed by atoms with E-state index in [1.54, 1.807) is 14.2 Å². The van der Waals surface area contributed by atoms with Gasteiger partial charge in [0.05, 0.1) is 14.2 Å². The molecule has 0 atom stereocenters. The van der Waals surface area contributed by atoms with E-state index in [2.05, 4.69) is 17.3 Å². The molecule has 0 saturated carbocycles. The Labute approximate surface area is 145 Å². The second-order valence-electron chi connectivity index (χ2n) is 6.61. The summed E-state index contributed by atoms with van der Waals surface area (Å²) in [6.07, 6.45) is 4.84. The van der Waals surface area contributed by atoms with Crippen molar-refractivity contribution in [2.24, 2.45) is 5.92 Å². The van der Waals surface area contributed by atoms with Crippen molar-refractivity contribution in [3.05, 3.63) is 23.8 Å². The van der Waals surface area contributed by atoms with E-state index in [0.29, 0.717) is 18.9 Å². The fourth-order valence-corrected chi connectivity index (χ4v) is 3.13. The number of carbonyl (C=O) groups is 1. The second kappa shape index (κ2) is 9.52. The van der Waals surface area contributed by atoms with Gasteiger partial charge in [0.1, 0.15) is 11.5 Å². The van der Waals surface area contributed by atoms with Crippen molar-refractivity contribution in [2.75, 3.05) is 40.9 Å². The molecule has 0 spiro atoms. The van der Waals surface area contributed by atoms with Crippen molar-refractivity contribution in [3.63, 3.8) is 0 Å². The quantitative estimate of drug-likeness (QED) is 0.793. The lowest BCUT2D eigenvalue weighted by Crippen LogP contribution is -2.31. The molecule has 24 heavy (non-hydrogen) atoms. The maximum absolute atomic E-state index is 12.0. The molecule has 0 aliphatic carbocycles. The number of benzene rings is 1. The average Bonchev–Trinajstić information content (AvgIpc) is 2.61. The molecule has 0 unspecified atom stereocenters. The van der Waals surface area contributed by atoms with Gasteiger partial charge in [-0.15, -0.1) is 0 Å². The molecule has 1 aromatic rings. The molecule has 1 aromatic carbocycles. The Hall–Kier alpha value is -1.75. The zero-order valence-electron chi connectivity index (χ0n) is 15.1. The zero-order chi connectivity index (χ0) is 17.4. The average molecular weight is 334 g/mol. The number of nitrogens with one attached hydrogen (secondary N) is 1. The summed E-state index contributed by atoms with van der Waals surface area (Å²) in [6, 6.07) is 5.81. The number of hydrogen-bond donors (Lipinski definition) is 1. The van der Waals surface area contributed by atoms with Gasteiger partial charge in [0.15, 0.2) is 0 Å². The van der Waals surface area contributed by atoms with Crippen LogP contribution in [0.2, 0.25) is 0 Å². The van der Waals surface area contributed by atoms with Gasteiger partial charge in [0.25, 0.3) is 0 Å². The molecule has 2 rings (SSSR count). The first-order chi connectivity index (χ1) is 11.6.